The number of halogens is 3. The zero-order valence-electron chi connectivity index (χ0n) is 10.4. The van der Waals surface area contributed by atoms with Crippen molar-refractivity contribution in [1.82, 2.24) is 4.72 Å². The highest BCUT2D eigenvalue weighted by molar-refractivity contribution is 7.90. The monoisotopic (exact) mass is 297 g/mol. The van der Waals surface area contributed by atoms with Crippen molar-refractivity contribution < 1.29 is 26.3 Å². The van der Waals surface area contributed by atoms with E-state index in [9.17, 15) is 21.6 Å². The van der Waals surface area contributed by atoms with Gasteiger partial charge in [0.15, 0.2) is 0 Å². The minimum absolute atomic E-state index is 0.0966. The van der Waals surface area contributed by atoms with Gasteiger partial charge in [-0.15, -0.1) is 0 Å². The minimum atomic E-state index is -5.33. The molecule has 0 bridgehead atoms. The molecule has 0 radical (unpaired) electrons. The molecule has 0 spiro atoms. The van der Waals surface area contributed by atoms with Crippen LogP contribution >= 0.6 is 0 Å². The van der Waals surface area contributed by atoms with Crippen molar-refractivity contribution in [2.45, 2.75) is 24.9 Å². The number of hydrogen-bond donors (Lipinski definition) is 1. The SMILES string of the molecule is COc1ccccc1CC(C)NS(=O)(=O)C(F)(F)F. The Labute approximate surface area is 109 Å². The number of methoxy groups -OCH3 is 1. The van der Waals surface area contributed by atoms with Crippen LogP contribution in [0.2, 0.25) is 0 Å². The van der Waals surface area contributed by atoms with Crippen molar-refractivity contribution in [3.8, 4) is 5.75 Å². The molecule has 0 heterocycles. The fraction of sp³-hybridized carbons (Fsp3) is 0.455. The quantitative estimate of drug-likeness (QED) is 0.905. The van der Waals surface area contributed by atoms with Crippen molar-refractivity contribution in [3.05, 3.63) is 29.8 Å². The molecule has 0 amide bonds. The molecular formula is C11H14F3NO3S. The fourth-order valence-corrected chi connectivity index (χ4v) is 2.32. The van der Waals surface area contributed by atoms with E-state index in [1.165, 1.54) is 14.0 Å². The van der Waals surface area contributed by atoms with Gasteiger partial charge >= 0.3 is 15.5 Å². The number of rotatable bonds is 5. The molecule has 1 rings (SSSR count). The first-order chi connectivity index (χ1) is 8.67. The highest BCUT2D eigenvalue weighted by Crippen LogP contribution is 2.23. The Morgan fingerprint density at radius 3 is 2.42 bits per heavy atom. The fourth-order valence-electron chi connectivity index (χ4n) is 1.57. The Kier molecular flexibility index (Phi) is 4.81. The van der Waals surface area contributed by atoms with Crippen LogP contribution in [0.3, 0.4) is 0 Å². The van der Waals surface area contributed by atoms with Crippen LogP contribution in [0.25, 0.3) is 0 Å². The van der Waals surface area contributed by atoms with E-state index >= 15 is 0 Å². The highest BCUT2D eigenvalue weighted by Gasteiger charge is 2.46. The van der Waals surface area contributed by atoms with Gasteiger partial charge in [-0.2, -0.15) is 13.2 Å². The second kappa shape index (κ2) is 5.79. The molecule has 0 aromatic heterocycles. The molecule has 108 valence electrons. The molecule has 19 heavy (non-hydrogen) atoms. The van der Waals surface area contributed by atoms with E-state index in [-0.39, 0.29) is 6.42 Å². The summed E-state index contributed by atoms with van der Waals surface area (Å²) in [6.07, 6.45) is 0.0966. The summed E-state index contributed by atoms with van der Waals surface area (Å²) in [5.74, 6) is 0.501. The van der Waals surface area contributed by atoms with E-state index in [0.717, 1.165) is 0 Å². The van der Waals surface area contributed by atoms with Gasteiger partial charge < -0.3 is 4.74 Å². The zero-order valence-corrected chi connectivity index (χ0v) is 11.2. The molecule has 0 saturated heterocycles. The van der Waals surface area contributed by atoms with Crippen LogP contribution in [0.1, 0.15) is 12.5 Å². The Bertz CT molecular complexity index is 528. The lowest BCUT2D eigenvalue weighted by Crippen LogP contribution is -2.42. The van der Waals surface area contributed by atoms with Crippen LogP contribution in [0, 0.1) is 0 Å². The standard InChI is InChI=1S/C11H14F3NO3S/c1-8(15-19(16,17)11(12,13)14)7-9-5-3-4-6-10(9)18-2/h3-6,8,15H,7H2,1-2H3. The molecule has 0 aliphatic rings. The molecule has 0 aliphatic carbocycles. The highest BCUT2D eigenvalue weighted by atomic mass is 32.2. The number of sulfonamides is 1. The molecule has 4 nitrogen and oxygen atoms in total. The summed E-state index contributed by atoms with van der Waals surface area (Å²) in [4.78, 5) is 0. The Balaban J connectivity index is 2.79. The predicted octanol–water partition coefficient (Wildman–Crippen LogP) is 2.07. The van der Waals surface area contributed by atoms with Gasteiger partial charge in [0.25, 0.3) is 0 Å². The Morgan fingerprint density at radius 1 is 1.32 bits per heavy atom. The molecule has 0 aliphatic heterocycles. The van der Waals surface area contributed by atoms with E-state index < -0.39 is 21.6 Å². The topological polar surface area (TPSA) is 55.4 Å². The van der Waals surface area contributed by atoms with Crippen molar-refractivity contribution in [2.75, 3.05) is 7.11 Å². The average Bonchev–Trinajstić information content (AvgIpc) is 2.27. The first kappa shape index (κ1) is 15.8. The average molecular weight is 297 g/mol. The third-order valence-electron chi connectivity index (χ3n) is 2.38. The first-order valence-corrected chi connectivity index (χ1v) is 6.86. The number of benzene rings is 1. The maximum atomic E-state index is 12.2. The second-order valence-corrected chi connectivity index (χ2v) is 5.69. The third kappa shape index (κ3) is 4.10. The molecule has 0 saturated carbocycles. The number of alkyl halides is 3. The summed E-state index contributed by atoms with van der Waals surface area (Å²) in [6.45, 7) is 1.36. The van der Waals surface area contributed by atoms with Crippen molar-refractivity contribution in [2.24, 2.45) is 0 Å². The number of ether oxygens (including phenoxy) is 1. The van der Waals surface area contributed by atoms with Crippen LogP contribution in [-0.2, 0) is 16.4 Å². The summed E-state index contributed by atoms with van der Waals surface area (Å²) < 4.78 is 65.1. The largest absolute Gasteiger partial charge is 0.511 e. The summed E-state index contributed by atoms with van der Waals surface area (Å²) in [5, 5.41) is 0. The van der Waals surface area contributed by atoms with E-state index in [2.05, 4.69) is 0 Å². The van der Waals surface area contributed by atoms with Crippen LogP contribution in [0.4, 0.5) is 13.2 Å². The van der Waals surface area contributed by atoms with Crippen molar-refractivity contribution in [1.29, 1.82) is 0 Å². The second-order valence-electron chi connectivity index (χ2n) is 3.98. The maximum absolute atomic E-state index is 12.2. The molecule has 1 N–H and O–H groups in total. The van der Waals surface area contributed by atoms with Gasteiger partial charge in [-0.25, -0.2) is 13.1 Å². The maximum Gasteiger partial charge on any atom is 0.511 e. The summed E-state index contributed by atoms with van der Waals surface area (Å²) in [6, 6.07) is 5.83. The normalized spacial score (nSPS) is 14.2. The lowest BCUT2D eigenvalue weighted by molar-refractivity contribution is -0.0450. The first-order valence-electron chi connectivity index (χ1n) is 5.38. The van der Waals surface area contributed by atoms with Gasteiger partial charge in [0, 0.05) is 6.04 Å². The molecule has 1 aromatic carbocycles. The summed E-state index contributed by atoms with van der Waals surface area (Å²) in [7, 11) is -3.89. The smallest absolute Gasteiger partial charge is 0.496 e. The van der Waals surface area contributed by atoms with Crippen LogP contribution < -0.4 is 9.46 Å². The molecule has 1 unspecified atom stereocenters. The minimum Gasteiger partial charge on any atom is -0.496 e. The summed E-state index contributed by atoms with van der Waals surface area (Å²) >= 11 is 0. The molecule has 1 atom stereocenters. The Morgan fingerprint density at radius 2 is 1.89 bits per heavy atom. The van der Waals surface area contributed by atoms with E-state index in [0.29, 0.717) is 11.3 Å². The van der Waals surface area contributed by atoms with Gasteiger partial charge in [0.05, 0.1) is 7.11 Å². The zero-order chi connectivity index (χ0) is 14.7. The van der Waals surface area contributed by atoms with E-state index in [1.807, 2.05) is 0 Å². The Hall–Kier alpha value is -1.28. The summed E-state index contributed by atoms with van der Waals surface area (Å²) in [5.41, 5.74) is -4.68. The van der Waals surface area contributed by atoms with Gasteiger partial charge in [-0.05, 0) is 25.0 Å². The lowest BCUT2D eigenvalue weighted by Gasteiger charge is -2.17. The molecule has 8 heteroatoms. The van der Waals surface area contributed by atoms with Gasteiger partial charge in [-0.1, -0.05) is 18.2 Å². The van der Waals surface area contributed by atoms with Gasteiger partial charge in [0.2, 0.25) is 0 Å². The van der Waals surface area contributed by atoms with Gasteiger partial charge in [0.1, 0.15) is 5.75 Å². The van der Waals surface area contributed by atoms with Gasteiger partial charge in [-0.3, -0.25) is 0 Å². The molecular weight excluding hydrogens is 283 g/mol. The third-order valence-corrected chi connectivity index (χ3v) is 3.70. The number of hydrogen-bond acceptors (Lipinski definition) is 3. The lowest BCUT2D eigenvalue weighted by atomic mass is 10.1. The molecule has 1 aromatic rings. The van der Waals surface area contributed by atoms with Crippen LogP contribution in [-0.4, -0.2) is 27.1 Å². The van der Waals surface area contributed by atoms with Crippen molar-refractivity contribution >= 4 is 10.0 Å². The predicted molar refractivity (Wildman–Crippen MR) is 64.3 cm³/mol. The number of para-hydroxylation sites is 1. The van der Waals surface area contributed by atoms with E-state index in [4.69, 9.17) is 4.74 Å². The molecule has 0 fully saturated rings. The van der Waals surface area contributed by atoms with Crippen LogP contribution in [0.15, 0.2) is 24.3 Å². The van der Waals surface area contributed by atoms with Crippen LogP contribution in [0.5, 0.6) is 5.75 Å². The van der Waals surface area contributed by atoms with E-state index in [1.54, 1.807) is 29.0 Å². The number of nitrogens with one attached hydrogen (secondary N) is 1. The van der Waals surface area contributed by atoms with Crippen molar-refractivity contribution in [3.63, 3.8) is 0 Å².